The number of rotatable bonds is 8. The fourth-order valence-electron chi connectivity index (χ4n) is 1.85. The lowest BCUT2D eigenvalue weighted by molar-refractivity contribution is -0.0499. The molecule has 0 saturated heterocycles. The van der Waals surface area contributed by atoms with Crippen molar-refractivity contribution in [2.45, 2.75) is 44.9 Å². The highest BCUT2D eigenvalue weighted by molar-refractivity contribution is 5.30. The topological polar surface area (TPSA) is 56.5 Å². The van der Waals surface area contributed by atoms with Crippen molar-refractivity contribution in [2.75, 3.05) is 7.11 Å². The van der Waals surface area contributed by atoms with Crippen LogP contribution in [0.15, 0.2) is 24.3 Å². The third kappa shape index (κ3) is 5.40. The molecule has 3 N–H and O–H groups in total. The van der Waals surface area contributed by atoms with Crippen LogP contribution in [0.4, 0.5) is 8.78 Å². The summed E-state index contributed by atoms with van der Waals surface area (Å²) in [5, 5.41) is 0. The van der Waals surface area contributed by atoms with Gasteiger partial charge in [0.15, 0.2) is 0 Å². The van der Waals surface area contributed by atoms with E-state index in [2.05, 4.69) is 10.2 Å². The molecule has 4 nitrogen and oxygen atoms in total. The Bertz CT molecular complexity index is 414. The summed E-state index contributed by atoms with van der Waals surface area (Å²) in [4.78, 5) is 0. The van der Waals surface area contributed by atoms with Crippen LogP contribution in [-0.2, 0) is 4.74 Å². The number of nitrogens with two attached hydrogens (primary N) is 1. The lowest BCUT2D eigenvalue weighted by Gasteiger charge is -2.26. The summed E-state index contributed by atoms with van der Waals surface area (Å²) >= 11 is 0. The maximum absolute atomic E-state index is 12.2. The number of hydrazine groups is 1. The molecule has 0 heterocycles. The van der Waals surface area contributed by atoms with Crippen molar-refractivity contribution in [2.24, 2.45) is 5.84 Å². The van der Waals surface area contributed by atoms with Gasteiger partial charge >= 0.3 is 6.61 Å². The summed E-state index contributed by atoms with van der Waals surface area (Å²) in [5.74, 6) is 5.68. The molecule has 0 aromatic heterocycles. The number of ether oxygens (including phenoxy) is 2. The van der Waals surface area contributed by atoms with E-state index in [-0.39, 0.29) is 17.4 Å². The first-order valence-electron chi connectivity index (χ1n) is 6.44. The van der Waals surface area contributed by atoms with E-state index >= 15 is 0 Å². The molecule has 1 atom stereocenters. The monoisotopic (exact) mass is 288 g/mol. The van der Waals surface area contributed by atoms with Gasteiger partial charge in [-0.15, -0.1) is 0 Å². The predicted molar refractivity (Wildman–Crippen MR) is 73.5 cm³/mol. The van der Waals surface area contributed by atoms with Crippen molar-refractivity contribution in [1.82, 2.24) is 5.43 Å². The highest BCUT2D eigenvalue weighted by Gasteiger charge is 2.20. The molecule has 0 amide bonds. The Morgan fingerprint density at radius 2 is 2.05 bits per heavy atom. The van der Waals surface area contributed by atoms with Gasteiger partial charge in [-0.05, 0) is 44.4 Å². The van der Waals surface area contributed by atoms with E-state index in [4.69, 9.17) is 10.6 Å². The number of nitrogens with one attached hydrogen (secondary N) is 1. The van der Waals surface area contributed by atoms with Crippen LogP contribution in [0.25, 0.3) is 0 Å². The van der Waals surface area contributed by atoms with Crippen molar-refractivity contribution >= 4 is 0 Å². The van der Waals surface area contributed by atoms with Gasteiger partial charge in [0.2, 0.25) is 0 Å². The number of alkyl halides is 2. The van der Waals surface area contributed by atoms with Crippen LogP contribution >= 0.6 is 0 Å². The summed E-state index contributed by atoms with van der Waals surface area (Å²) in [6.45, 7) is 1.13. The minimum atomic E-state index is -2.83. The summed E-state index contributed by atoms with van der Waals surface area (Å²) in [7, 11) is 1.65. The van der Waals surface area contributed by atoms with E-state index < -0.39 is 6.61 Å². The molecule has 1 unspecified atom stereocenters. The van der Waals surface area contributed by atoms with Crippen LogP contribution in [-0.4, -0.2) is 19.3 Å². The molecule has 6 heteroatoms. The van der Waals surface area contributed by atoms with Crippen LogP contribution in [0.3, 0.4) is 0 Å². The second-order valence-corrected chi connectivity index (χ2v) is 5.17. The van der Waals surface area contributed by atoms with Gasteiger partial charge in [-0.25, -0.2) is 0 Å². The van der Waals surface area contributed by atoms with Gasteiger partial charge in [0.25, 0.3) is 0 Å². The Morgan fingerprint density at radius 3 is 2.60 bits per heavy atom. The second kappa shape index (κ2) is 7.52. The first-order chi connectivity index (χ1) is 9.38. The summed E-state index contributed by atoms with van der Waals surface area (Å²) < 4.78 is 34.2. The van der Waals surface area contributed by atoms with Crippen LogP contribution in [0, 0.1) is 0 Å². The van der Waals surface area contributed by atoms with Gasteiger partial charge in [-0.3, -0.25) is 11.3 Å². The normalized spacial score (nSPS) is 13.6. The summed E-state index contributed by atoms with van der Waals surface area (Å²) in [6, 6.07) is 6.39. The van der Waals surface area contributed by atoms with E-state index in [1.54, 1.807) is 19.2 Å². The molecule has 1 aromatic carbocycles. The largest absolute Gasteiger partial charge is 0.435 e. The number of hydrogen-bond donors (Lipinski definition) is 2. The number of hydrogen-bond acceptors (Lipinski definition) is 4. The maximum atomic E-state index is 12.2. The van der Waals surface area contributed by atoms with Gasteiger partial charge in [0, 0.05) is 13.2 Å². The average molecular weight is 288 g/mol. The van der Waals surface area contributed by atoms with Crippen molar-refractivity contribution < 1.29 is 18.3 Å². The zero-order valence-corrected chi connectivity index (χ0v) is 12.0. The molecule has 0 aliphatic carbocycles. The number of benzene rings is 1. The average Bonchev–Trinajstić information content (AvgIpc) is 2.39. The van der Waals surface area contributed by atoms with Gasteiger partial charge in [-0.2, -0.15) is 8.78 Å². The molecule has 0 bridgehead atoms. The Balaban J connectivity index is 2.74. The minimum Gasteiger partial charge on any atom is -0.435 e. The molecule has 0 spiro atoms. The van der Waals surface area contributed by atoms with Gasteiger partial charge in [0.05, 0.1) is 5.60 Å². The quantitative estimate of drug-likeness (QED) is 0.570. The maximum Gasteiger partial charge on any atom is 0.387 e. The lowest BCUT2D eigenvalue weighted by Crippen LogP contribution is -2.31. The van der Waals surface area contributed by atoms with E-state index in [9.17, 15) is 8.78 Å². The first kappa shape index (κ1) is 16.8. The van der Waals surface area contributed by atoms with Crippen LogP contribution in [0.1, 0.15) is 38.3 Å². The molecule has 0 radical (unpaired) electrons. The molecule has 1 aromatic rings. The summed E-state index contributed by atoms with van der Waals surface area (Å²) in [6.07, 6.45) is 1.49. The molecule has 1 rings (SSSR count). The number of methoxy groups -OCH3 is 1. The van der Waals surface area contributed by atoms with E-state index in [0.717, 1.165) is 18.4 Å². The van der Waals surface area contributed by atoms with E-state index in [0.29, 0.717) is 0 Å². The fraction of sp³-hybridized carbons (Fsp3) is 0.571. The molecule has 0 aliphatic rings. The first-order valence-corrected chi connectivity index (χ1v) is 6.44. The van der Waals surface area contributed by atoms with Crippen molar-refractivity contribution in [3.05, 3.63) is 29.8 Å². The molecule has 0 saturated carbocycles. The Morgan fingerprint density at radius 1 is 1.35 bits per heavy atom. The van der Waals surface area contributed by atoms with Gasteiger partial charge in [0.1, 0.15) is 5.75 Å². The standard InChI is InChI=1S/C14H22F2N2O2/c1-14(2,19-3)8-7-12(18-17)10-5-4-6-11(9-10)20-13(15)16/h4-6,9,12-13,18H,7-8,17H2,1-3H3. The Labute approximate surface area is 118 Å². The van der Waals surface area contributed by atoms with Gasteiger partial charge in [-0.1, -0.05) is 12.1 Å². The molecule has 114 valence electrons. The molecule has 20 heavy (non-hydrogen) atoms. The lowest BCUT2D eigenvalue weighted by atomic mass is 9.95. The van der Waals surface area contributed by atoms with E-state index in [1.807, 2.05) is 19.9 Å². The number of halogens is 2. The summed E-state index contributed by atoms with van der Waals surface area (Å²) in [5.41, 5.74) is 3.24. The van der Waals surface area contributed by atoms with Crippen molar-refractivity contribution in [3.63, 3.8) is 0 Å². The predicted octanol–water partition coefficient (Wildman–Crippen LogP) is 3.00. The van der Waals surface area contributed by atoms with E-state index in [1.165, 1.54) is 6.07 Å². The van der Waals surface area contributed by atoms with Gasteiger partial charge < -0.3 is 9.47 Å². The second-order valence-electron chi connectivity index (χ2n) is 5.17. The Hall–Kier alpha value is -1.24. The Kier molecular flexibility index (Phi) is 6.32. The van der Waals surface area contributed by atoms with Crippen molar-refractivity contribution in [1.29, 1.82) is 0 Å². The highest BCUT2D eigenvalue weighted by Crippen LogP contribution is 2.26. The molecular weight excluding hydrogens is 266 g/mol. The van der Waals surface area contributed by atoms with Crippen LogP contribution in [0.5, 0.6) is 5.75 Å². The van der Waals surface area contributed by atoms with Crippen LogP contribution in [0.2, 0.25) is 0 Å². The minimum absolute atomic E-state index is 0.128. The molecular formula is C14H22F2N2O2. The highest BCUT2D eigenvalue weighted by atomic mass is 19.3. The third-order valence-corrected chi connectivity index (χ3v) is 3.27. The zero-order valence-electron chi connectivity index (χ0n) is 12.0. The molecule has 0 aliphatic heterocycles. The smallest absolute Gasteiger partial charge is 0.387 e. The van der Waals surface area contributed by atoms with Crippen LogP contribution < -0.4 is 16.0 Å². The molecule has 0 fully saturated rings. The SMILES string of the molecule is COC(C)(C)CCC(NN)c1cccc(OC(F)F)c1. The third-order valence-electron chi connectivity index (χ3n) is 3.27. The zero-order chi connectivity index (χ0) is 15.2. The fourth-order valence-corrected chi connectivity index (χ4v) is 1.85. The van der Waals surface area contributed by atoms with Crippen molar-refractivity contribution in [3.8, 4) is 5.75 Å².